The van der Waals surface area contributed by atoms with Gasteiger partial charge in [0.15, 0.2) is 0 Å². The molecule has 0 radical (unpaired) electrons. The number of aryl methyl sites for hydroxylation is 1. The van der Waals surface area contributed by atoms with Gasteiger partial charge in [0, 0.05) is 17.5 Å². The van der Waals surface area contributed by atoms with E-state index in [0.717, 1.165) is 36.6 Å². The van der Waals surface area contributed by atoms with E-state index >= 15 is 0 Å². The number of hydrogen-bond acceptors (Lipinski definition) is 3. The van der Waals surface area contributed by atoms with Gasteiger partial charge < -0.3 is 10.4 Å². The van der Waals surface area contributed by atoms with Gasteiger partial charge in [0.2, 0.25) is 0 Å². The van der Waals surface area contributed by atoms with Crippen molar-refractivity contribution in [2.24, 2.45) is 0 Å². The summed E-state index contributed by atoms with van der Waals surface area (Å²) in [6, 6.07) is 2.49. The van der Waals surface area contributed by atoms with Crippen molar-refractivity contribution >= 4 is 22.9 Å². The number of fused-ring (bicyclic) bond motifs is 1. The molecule has 100 valence electrons. The molecule has 1 aromatic rings. The van der Waals surface area contributed by atoms with Crippen molar-refractivity contribution in [3.8, 4) is 0 Å². The van der Waals surface area contributed by atoms with Crippen LogP contribution < -0.4 is 5.32 Å². The highest BCUT2D eigenvalue weighted by molar-refractivity contribution is 7.16. The fourth-order valence-corrected chi connectivity index (χ4v) is 4.60. The zero-order valence-electron chi connectivity index (χ0n) is 10.5. The third-order valence-electron chi connectivity index (χ3n) is 4.31. The molecule has 2 nitrogen and oxygen atoms in total. The van der Waals surface area contributed by atoms with E-state index in [2.05, 4.69) is 11.4 Å². The molecule has 1 unspecified atom stereocenters. The third-order valence-corrected chi connectivity index (χ3v) is 5.65. The van der Waals surface area contributed by atoms with Crippen LogP contribution in [-0.2, 0) is 6.42 Å². The van der Waals surface area contributed by atoms with Gasteiger partial charge in [0.05, 0.1) is 9.94 Å². The quantitative estimate of drug-likeness (QED) is 0.888. The lowest BCUT2D eigenvalue weighted by Gasteiger charge is -2.33. The summed E-state index contributed by atoms with van der Waals surface area (Å²) in [4.78, 5) is 1.42. The van der Waals surface area contributed by atoms with E-state index in [1.165, 1.54) is 29.7 Å². The number of nitrogens with one attached hydrogen (secondary N) is 1. The van der Waals surface area contributed by atoms with Gasteiger partial charge in [0.25, 0.3) is 0 Å². The Morgan fingerprint density at radius 1 is 1.39 bits per heavy atom. The largest absolute Gasteiger partial charge is 0.389 e. The maximum Gasteiger partial charge on any atom is 0.0934 e. The summed E-state index contributed by atoms with van der Waals surface area (Å²) in [5.41, 5.74) is 0.894. The number of rotatable bonds is 3. The van der Waals surface area contributed by atoms with E-state index in [1.807, 2.05) is 0 Å². The highest BCUT2D eigenvalue weighted by Crippen LogP contribution is 2.39. The van der Waals surface area contributed by atoms with Gasteiger partial charge in [-0.1, -0.05) is 30.9 Å². The van der Waals surface area contributed by atoms with Crippen LogP contribution in [0.4, 0.5) is 0 Å². The Labute approximate surface area is 117 Å². The second-order valence-corrected chi connectivity index (χ2v) is 7.45. The standard InChI is InChI=1S/C14H20ClNOS/c15-13-8-10-11(4-5-12(10)18-13)16-9-14(17)6-2-1-3-7-14/h8,11,16-17H,1-7,9H2. The molecule has 2 aliphatic carbocycles. The number of aliphatic hydroxyl groups is 1. The average Bonchev–Trinajstić information content (AvgIpc) is 2.87. The van der Waals surface area contributed by atoms with Crippen molar-refractivity contribution in [2.75, 3.05) is 6.54 Å². The van der Waals surface area contributed by atoms with Crippen molar-refractivity contribution < 1.29 is 5.11 Å². The fourth-order valence-electron chi connectivity index (χ4n) is 3.24. The summed E-state index contributed by atoms with van der Waals surface area (Å²) in [5.74, 6) is 0. The molecular weight excluding hydrogens is 266 g/mol. The highest BCUT2D eigenvalue weighted by Gasteiger charge is 2.31. The molecule has 1 atom stereocenters. The zero-order valence-corrected chi connectivity index (χ0v) is 12.1. The fraction of sp³-hybridized carbons (Fsp3) is 0.714. The summed E-state index contributed by atoms with van der Waals surface area (Å²) in [7, 11) is 0. The molecule has 0 bridgehead atoms. The Morgan fingerprint density at radius 3 is 2.94 bits per heavy atom. The zero-order chi connectivity index (χ0) is 12.6. The lowest BCUT2D eigenvalue weighted by Crippen LogP contribution is -2.43. The van der Waals surface area contributed by atoms with Gasteiger partial charge in [-0.25, -0.2) is 0 Å². The van der Waals surface area contributed by atoms with Crippen molar-refractivity contribution in [1.82, 2.24) is 5.32 Å². The summed E-state index contributed by atoms with van der Waals surface area (Å²) < 4.78 is 0.892. The van der Waals surface area contributed by atoms with Gasteiger partial charge in [-0.05, 0) is 37.3 Å². The number of hydrogen-bond donors (Lipinski definition) is 2. The van der Waals surface area contributed by atoms with Crippen LogP contribution in [0.15, 0.2) is 6.07 Å². The SMILES string of the molecule is OC1(CNC2CCc3sc(Cl)cc32)CCCCC1. The first-order valence-corrected chi connectivity index (χ1v) is 8.10. The molecule has 2 N–H and O–H groups in total. The van der Waals surface area contributed by atoms with E-state index in [0.29, 0.717) is 6.04 Å². The Morgan fingerprint density at radius 2 is 2.17 bits per heavy atom. The van der Waals surface area contributed by atoms with Gasteiger partial charge in [0.1, 0.15) is 0 Å². The molecule has 0 aromatic carbocycles. The lowest BCUT2D eigenvalue weighted by molar-refractivity contribution is 0.00262. The minimum Gasteiger partial charge on any atom is -0.389 e. The van der Waals surface area contributed by atoms with Crippen LogP contribution in [0.25, 0.3) is 0 Å². The van der Waals surface area contributed by atoms with E-state index in [9.17, 15) is 5.11 Å². The maximum atomic E-state index is 10.5. The monoisotopic (exact) mass is 285 g/mol. The normalized spacial score (nSPS) is 26.2. The summed E-state index contributed by atoms with van der Waals surface area (Å²) >= 11 is 7.77. The number of thiophene rings is 1. The van der Waals surface area contributed by atoms with Gasteiger partial charge in [-0.3, -0.25) is 0 Å². The predicted molar refractivity (Wildman–Crippen MR) is 76.4 cm³/mol. The van der Waals surface area contributed by atoms with Gasteiger partial charge >= 0.3 is 0 Å². The minimum atomic E-state index is -0.471. The Kier molecular flexibility index (Phi) is 3.68. The van der Waals surface area contributed by atoms with E-state index in [1.54, 1.807) is 11.3 Å². The average molecular weight is 286 g/mol. The summed E-state index contributed by atoms with van der Waals surface area (Å²) in [5, 5.41) is 14.1. The molecule has 0 amide bonds. The Bertz CT molecular complexity index is 425. The van der Waals surface area contributed by atoms with Crippen molar-refractivity contribution in [1.29, 1.82) is 0 Å². The minimum absolute atomic E-state index is 0.398. The Hall–Kier alpha value is -0.0900. The van der Waals surface area contributed by atoms with Crippen LogP contribution in [-0.4, -0.2) is 17.3 Å². The van der Waals surface area contributed by atoms with Crippen LogP contribution >= 0.6 is 22.9 Å². The van der Waals surface area contributed by atoms with E-state index in [-0.39, 0.29) is 0 Å². The smallest absolute Gasteiger partial charge is 0.0934 e. The molecule has 0 saturated heterocycles. The molecular formula is C14H20ClNOS. The van der Waals surface area contributed by atoms with Crippen molar-refractivity contribution in [2.45, 2.75) is 56.6 Å². The van der Waals surface area contributed by atoms with Gasteiger partial charge in [-0.2, -0.15) is 0 Å². The first kappa shape index (κ1) is 12.9. The highest BCUT2D eigenvalue weighted by atomic mass is 35.5. The molecule has 4 heteroatoms. The molecule has 1 saturated carbocycles. The second-order valence-electron chi connectivity index (χ2n) is 5.69. The molecule has 18 heavy (non-hydrogen) atoms. The summed E-state index contributed by atoms with van der Waals surface area (Å²) in [6.07, 6.45) is 7.78. The number of halogens is 1. The molecule has 0 aliphatic heterocycles. The van der Waals surface area contributed by atoms with Crippen LogP contribution in [0.2, 0.25) is 4.34 Å². The van der Waals surface area contributed by atoms with E-state index in [4.69, 9.17) is 11.6 Å². The summed E-state index contributed by atoms with van der Waals surface area (Å²) in [6.45, 7) is 0.727. The van der Waals surface area contributed by atoms with Crippen LogP contribution in [0.3, 0.4) is 0 Å². The van der Waals surface area contributed by atoms with Crippen molar-refractivity contribution in [3.05, 3.63) is 20.8 Å². The van der Waals surface area contributed by atoms with Crippen molar-refractivity contribution in [3.63, 3.8) is 0 Å². The van der Waals surface area contributed by atoms with Crippen LogP contribution in [0.1, 0.15) is 55.0 Å². The lowest BCUT2D eigenvalue weighted by atomic mass is 9.84. The molecule has 1 heterocycles. The third kappa shape index (κ3) is 2.60. The molecule has 0 spiro atoms. The Balaban J connectivity index is 1.61. The first-order valence-electron chi connectivity index (χ1n) is 6.90. The maximum absolute atomic E-state index is 10.5. The van der Waals surface area contributed by atoms with Crippen LogP contribution in [0.5, 0.6) is 0 Å². The van der Waals surface area contributed by atoms with Gasteiger partial charge in [-0.15, -0.1) is 11.3 Å². The molecule has 3 rings (SSSR count). The second kappa shape index (κ2) is 5.12. The molecule has 2 aliphatic rings. The molecule has 1 fully saturated rings. The predicted octanol–water partition coefficient (Wildman–Crippen LogP) is 3.67. The molecule has 1 aromatic heterocycles. The topological polar surface area (TPSA) is 32.3 Å². The first-order chi connectivity index (χ1) is 8.66. The van der Waals surface area contributed by atoms with Crippen LogP contribution in [0, 0.1) is 0 Å². The van der Waals surface area contributed by atoms with E-state index < -0.39 is 5.60 Å².